The third-order valence-electron chi connectivity index (χ3n) is 4.01. The highest BCUT2D eigenvalue weighted by Gasteiger charge is 2.13. The molecule has 4 nitrogen and oxygen atoms in total. The average molecular weight is 348 g/mol. The third-order valence-corrected chi connectivity index (χ3v) is 4.01. The Bertz CT molecular complexity index is 857. The smallest absolute Gasteiger partial charge is 0.335 e. The number of hydrogen-bond donors (Lipinski definition) is 1. The highest BCUT2D eigenvalue weighted by Crippen LogP contribution is 2.29. The molecule has 3 aromatic carbocycles. The minimum atomic E-state index is -0.954. The van der Waals surface area contributed by atoms with E-state index in [2.05, 4.69) is 0 Å². The molecule has 1 atom stereocenters. The molecule has 0 aliphatic heterocycles. The Hall–Kier alpha value is -3.27. The van der Waals surface area contributed by atoms with E-state index >= 15 is 0 Å². The van der Waals surface area contributed by atoms with E-state index in [1.807, 2.05) is 61.5 Å². The zero-order valence-electron chi connectivity index (χ0n) is 14.5. The average Bonchev–Trinajstić information content (AvgIpc) is 2.68. The molecule has 0 spiro atoms. The summed E-state index contributed by atoms with van der Waals surface area (Å²) in [5.74, 6) is 0.427. The second-order valence-corrected chi connectivity index (χ2v) is 5.90. The maximum absolute atomic E-state index is 10.9. The number of carboxylic acids is 1. The van der Waals surface area contributed by atoms with Crippen LogP contribution in [0.25, 0.3) is 0 Å². The van der Waals surface area contributed by atoms with Gasteiger partial charge >= 0.3 is 5.97 Å². The van der Waals surface area contributed by atoms with E-state index in [4.69, 9.17) is 14.6 Å². The number of benzene rings is 3. The topological polar surface area (TPSA) is 55.8 Å². The molecule has 0 saturated heterocycles. The van der Waals surface area contributed by atoms with Crippen molar-refractivity contribution in [2.75, 3.05) is 0 Å². The van der Waals surface area contributed by atoms with Crippen molar-refractivity contribution in [2.45, 2.75) is 19.6 Å². The van der Waals surface area contributed by atoms with Gasteiger partial charge in [0.05, 0.1) is 5.56 Å². The Kier molecular flexibility index (Phi) is 5.54. The Morgan fingerprint density at radius 2 is 1.58 bits per heavy atom. The predicted octanol–water partition coefficient (Wildman–Crippen LogP) is 5.10. The van der Waals surface area contributed by atoms with Crippen molar-refractivity contribution in [3.8, 4) is 11.5 Å². The van der Waals surface area contributed by atoms with Crippen LogP contribution in [0.4, 0.5) is 0 Å². The lowest BCUT2D eigenvalue weighted by Gasteiger charge is -2.19. The minimum absolute atomic E-state index is 0.233. The summed E-state index contributed by atoms with van der Waals surface area (Å²) in [4.78, 5) is 10.9. The van der Waals surface area contributed by atoms with Crippen molar-refractivity contribution in [2.24, 2.45) is 0 Å². The zero-order chi connectivity index (χ0) is 18.4. The van der Waals surface area contributed by atoms with Crippen LogP contribution >= 0.6 is 0 Å². The normalized spacial score (nSPS) is 11.6. The standard InChI is InChI=1S/C22H20O4/c1-16(26-19-13-11-18(12-14-19)22(23)24)20-9-5-6-10-21(20)25-15-17-7-3-2-4-8-17/h2-14,16H,15H2,1H3,(H,23,24). The van der Waals surface area contributed by atoms with E-state index in [0.717, 1.165) is 16.9 Å². The van der Waals surface area contributed by atoms with Gasteiger partial charge in [-0.05, 0) is 42.8 Å². The van der Waals surface area contributed by atoms with Crippen LogP contribution < -0.4 is 9.47 Å². The maximum Gasteiger partial charge on any atom is 0.335 e. The van der Waals surface area contributed by atoms with E-state index in [1.54, 1.807) is 12.1 Å². The van der Waals surface area contributed by atoms with Crippen LogP contribution in [0.5, 0.6) is 11.5 Å². The molecule has 3 rings (SSSR count). The fraction of sp³-hybridized carbons (Fsp3) is 0.136. The number of aromatic carboxylic acids is 1. The molecule has 1 N–H and O–H groups in total. The fourth-order valence-electron chi connectivity index (χ4n) is 2.63. The van der Waals surface area contributed by atoms with Crippen LogP contribution in [-0.2, 0) is 6.61 Å². The molecule has 0 bridgehead atoms. The zero-order valence-corrected chi connectivity index (χ0v) is 14.5. The highest BCUT2D eigenvalue weighted by molar-refractivity contribution is 5.87. The van der Waals surface area contributed by atoms with Crippen LogP contribution in [0.2, 0.25) is 0 Å². The summed E-state index contributed by atoms with van der Waals surface area (Å²) < 4.78 is 11.9. The van der Waals surface area contributed by atoms with Crippen molar-refractivity contribution in [3.05, 3.63) is 95.6 Å². The number of para-hydroxylation sites is 1. The van der Waals surface area contributed by atoms with Crippen LogP contribution in [0.1, 0.15) is 34.5 Å². The minimum Gasteiger partial charge on any atom is -0.488 e. The molecule has 0 aliphatic rings. The summed E-state index contributed by atoms with van der Waals surface area (Å²) in [6.07, 6.45) is -0.238. The third kappa shape index (κ3) is 4.42. The van der Waals surface area contributed by atoms with E-state index in [9.17, 15) is 4.79 Å². The molecule has 0 heterocycles. The van der Waals surface area contributed by atoms with Crippen molar-refractivity contribution in [1.29, 1.82) is 0 Å². The second-order valence-electron chi connectivity index (χ2n) is 5.90. The predicted molar refractivity (Wildman–Crippen MR) is 99.7 cm³/mol. The Morgan fingerprint density at radius 3 is 2.27 bits per heavy atom. The van der Waals surface area contributed by atoms with E-state index in [0.29, 0.717) is 12.4 Å². The van der Waals surface area contributed by atoms with Gasteiger partial charge in [0, 0.05) is 5.56 Å². The summed E-state index contributed by atoms with van der Waals surface area (Å²) in [7, 11) is 0. The maximum atomic E-state index is 10.9. The van der Waals surface area contributed by atoms with Gasteiger partial charge in [-0.15, -0.1) is 0 Å². The number of hydrogen-bond acceptors (Lipinski definition) is 3. The molecule has 132 valence electrons. The lowest BCUT2D eigenvalue weighted by molar-refractivity contribution is 0.0697. The highest BCUT2D eigenvalue weighted by atomic mass is 16.5. The summed E-state index contributed by atoms with van der Waals surface area (Å²) in [5, 5.41) is 8.97. The van der Waals surface area contributed by atoms with E-state index < -0.39 is 5.97 Å². The number of ether oxygens (including phenoxy) is 2. The van der Waals surface area contributed by atoms with Gasteiger partial charge in [-0.2, -0.15) is 0 Å². The first kappa shape index (κ1) is 17.5. The molecular formula is C22H20O4. The first-order valence-electron chi connectivity index (χ1n) is 8.39. The molecule has 0 aromatic heterocycles. The van der Waals surface area contributed by atoms with Crippen LogP contribution in [0.3, 0.4) is 0 Å². The van der Waals surface area contributed by atoms with Gasteiger partial charge in [-0.1, -0.05) is 48.5 Å². The van der Waals surface area contributed by atoms with Gasteiger partial charge < -0.3 is 14.6 Å². The fourth-order valence-corrected chi connectivity index (χ4v) is 2.63. The summed E-state index contributed by atoms with van der Waals surface area (Å²) in [5.41, 5.74) is 2.27. The molecule has 1 unspecified atom stereocenters. The number of carbonyl (C=O) groups is 1. The lowest BCUT2D eigenvalue weighted by Crippen LogP contribution is -2.07. The van der Waals surface area contributed by atoms with Gasteiger partial charge in [-0.3, -0.25) is 0 Å². The molecule has 0 fully saturated rings. The summed E-state index contributed by atoms with van der Waals surface area (Å²) in [6, 6.07) is 24.1. The number of rotatable bonds is 7. The van der Waals surface area contributed by atoms with Crippen molar-refractivity contribution < 1.29 is 19.4 Å². The Labute approximate surface area is 152 Å². The summed E-state index contributed by atoms with van der Waals surface area (Å²) >= 11 is 0. The van der Waals surface area contributed by atoms with Crippen LogP contribution in [0, 0.1) is 0 Å². The molecule has 4 heteroatoms. The molecular weight excluding hydrogens is 328 g/mol. The van der Waals surface area contributed by atoms with Crippen molar-refractivity contribution in [1.82, 2.24) is 0 Å². The molecule has 0 aliphatic carbocycles. The molecule has 3 aromatic rings. The Balaban J connectivity index is 1.70. The summed E-state index contributed by atoms with van der Waals surface area (Å²) in [6.45, 7) is 2.42. The SMILES string of the molecule is CC(Oc1ccc(C(=O)O)cc1)c1ccccc1OCc1ccccc1. The van der Waals surface area contributed by atoms with Crippen LogP contribution in [-0.4, -0.2) is 11.1 Å². The second kappa shape index (κ2) is 8.21. The first-order valence-corrected chi connectivity index (χ1v) is 8.39. The van der Waals surface area contributed by atoms with Gasteiger partial charge in [0.25, 0.3) is 0 Å². The van der Waals surface area contributed by atoms with Gasteiger partial charge in [0.15, 0.2) is 0 Å². The van der Waals surface area contributed by atoms with Crippen molar-refractivity contribution in [3.63, 3.8) is 0 Å². The quantitative estimate of drug-likeness (QED) is 0.645. The van der Waals surface area contributed by atoms with Gasteiger partial charge in [-0.25, -0.2) is 4.79 Å². The monoisotopic (exact) mass is 348 g/mol. The lowest BCUT2D eigenvalue weighted by atomic mass is 10.1. The molecule has 0 radical (unpaired) electrons. The van der Waals surface area contributed by atoms with Gasteiger partial charge in [0.2, 0.25) is 0 Å². The first-order chi connectivity index (χ1) is 12.6. The van der Waals surface area contributed by atoms with E-state index in [-0.39, 0.29) is 11.7 Å². The number of carboxylic acid groups (broad SMARTS) is 1. The molecule has 26 heavy (non-hydrogen) atoms. The molecule has 0 saturated carbocycles. The van der Waals surface area contributed by atoms with Crippen LogP contribution in [0.15, 0.2) is 78.9 Å². The van der Waals surface area contributed by atoms with Crippen molar-refractivity contribution >= 4 is 5.97 Å². The van der Waals surface area contributed by atoms with E-state index in [1.165, 1.54) is 12.1 Å². The Morgan fingerprint density at radius 1 is 0.923 bits per heavy atom. The largest absolute Gasteiger partial charge is 0.488 e. The van der Waals surface area contributed by atoms with Gasteiger partial charge in [0.1, 0.15) is 24.2 Å². The molecule has 0 amide bonds.